The molecule has 0 saturated heterocycles. The minimum atomic E-state index is 0.336. The molecule has 0 atom stereocenters. The zero-order valence-electron chi connectivity index (χ0n) is 9.86. The highest BCUT2D eigenvalue weighted by molar-refractivity contribution is 7.99. The van der Waals surface area contributed by atoms with E-state index in [2.05, 4.69) is 6.92 Å². The van der Waals surface area contributed by atoms with Crippen molar-refractivity contribution in [1.82, 2.24) is 0 Å². The Labute approximate surface area is 101 Å². The van der Waals surface area contributed by atoms with E-state index in [-0.39, 0.29) is 0 Å². The van der Waals surface area contributed by atoms with Gasteiger partial charge in [-0.25, -0.2) is 0 Å². The highest BCUT2D eigenvalue weighted by atomic mass is 32.2. The maximum Gasteiger partial charge on any atom is 0.143 e. The summed E-state index contributed by atoms with van der Waals surface area (Å²) in [7, 11) is 1.65. The van der Waals surface area contributed by atoms with Crippen LogP contribution in [0.3, 0.4) is 0 Å². The summed E-state index contributed by atoms with van der Waals surface area (Å²) in [6.07, 6.45) is 1.46. The molecule has 0 heterocycles. The van der Waals surface area contributed by atoms with E-state index in [0.29, 0.717) is 18.0 Å². The van der Waals surface area contributed by atoms with E-state index in [9.17, 15) is 4.79 Å². The number of thioether (sulfide) groups is 1. The standard InChI is InChI=1S/C13H18O2S/c1-3-16-10-12(14)7-4-11-5-8-13(15-2)9-6-11/h5-6,8-9H,3-4,7,10H2,1-2H3. The Morgan fingerprint density at radius 2 is 2.00 bits per heavy atom. The van der Waals surface area contributed by atoms with Crippen LogP contribution < -0.4 is 4.74 Å². The van der Waals surface area contributed by atoms with Gasteiger partial charge in [0, 0.05) is 6.42 Å². The summed E-state index contributed by atoms with van der Waals surface area (Å²) in [6.45, 7) is 2.07. The summed E-state index contributed by atoms with van der Waals surface area (Å²) in [4.78, 5) is 11.5. The van der Waals surface area contributed by atoms with Gasteiger partial charge in [-0.05, 0) is 29.9 Å². The maximum absolute atomic E-state index is 11.5. The minimum absolute atomic E-state index is 0.336. The molecule has 0 N–H and O–H groups in total. The molecule has 88 valence electrons. The Kier molecular flexibility index (Phi) is 6.01. The fourth-order valence-corrected chi connectivity index (χ4v) is 1.94. The summed E-state index contributed by atoms with van der Waals surface area (Å²) in [5.41, 5.74) is 1.19. The third kappa shape index (κ3) is 4.71. The van der Waals surface area contributed by atoms with E-state index >= 15 is 0 Å². The maximum atomic E-state index is 11.5. The predicted molar refractivity (Wildman–Crippen MR) is 69.3 cm³/mol. The molecule has 1 rings (SSSR count). The lowest BCUT2D eigenvalue weighted by atomic mass is 10.1. The molecule has 0 amide bonds. The van der Waals surface area contributed by atoms with Gasteiger partial charge in [0.15, 0.2) is 0 Å². The Bertz CT molecular complexity index is 319. The highest BCUT2D eigenvalue weighted by Crippen LogP contribution is 2.13. The lowest BCUT2D eigenvalue weighted by molar-refractivity contribution is -0.116. The number of ether oxygens (including phenoxy) is 1. The second-order valence-electron chi connectivity index (χ2n) is 3.52. The minimum Gasteiger partial charge on any atom is -0.497 e. The lowest BCUT2D eigenvalue weighted by Gasteiger charge is -2.03. The van der Waals surface area contributed by atoms with Crippen LogP contribution in [0.5, 0.6) is 5.75 Å². The smallest absolute Gasteiger partial charge is 0.143 e. The molecule has 0 aliphatic carbocycles. The normalized spacial score (nSPS) is 10.1. The molecular formula is C13H18O2S. The second kappa shape index (κ2) is 7.34. The third-order valence-electron chi connectivity index (χ3n) is 2.32. The average molecular weight is 238 g/mol. The lowest BCUT2D eigenvalue weighted by Crippen LogP contribution is -2.03. The zero-order valence-corrected chi connectivity index (χ0v) is 10.7. The van der Waals surface area contributed by atoms with E-state index in [0.717, 1.165) is 17.9 Å². The van der Waals surface area contributed by atoms with Gasteiger partial charge in [0.1, 0.15) is 11.5 Å². The molecule has 0 saturated carbocycles. The van der Waals surface area contributed by atoms with Crippen LogP contribution in [0.15, 0.2) is 24.3 Å². The van der Waals surface area contributed by atoms with Gasteiger partial charge in [0.05, 0.1) is 12.9 Å². The first-order chi connectivity index (χ1) is 7.76. The number of ketones is 1. The first kappa shape index (κ1) is 13.1. The van der Waals surface area contributed by atoms with Crippen LogP contribution in [0.2, 0.25) is 0 Å². The fraction of sp³-hybridized carbons (Fsp3) is 0.462. The molecule has 0 radical (unpaired) electrons. The molecule has 0 aliphatic rings. The van der Waals surface area contributed by atoms with Gasteiger partial charge < -0.3 is 4.74 Å². The van der Waals surface area contributed by atoms with Crippen LogP contribution in [0.25, 0.3) is 0 Å². The van der Waals surface area contributed by atoms with Crippen molar-refractivity contribution >= 4 is 17.5 Å². The summed E-state index contributed by atoms with van der Waals surface area (Å²) >= 11 is 1.69. The van der Waals surface area contributed by atoms with Gasteiger partial charge >= 0.3 is 0 Å². The highest BCUT2D eigenvalue weighted by Gasteiger charge is 2.02. The number of hydrogen-bond donors (Lipinski definition) is 0. The zero-order chi connectivity index (χ0) is 11.8. The van der Waals surface area contributed by atoms with E-state index < -0.39 is 0 Å². The molecule has 0 bridgehead atoms. The molecule has 2 nitrogen and oxygen atoms in total. The number of Topliss-reactive ketones (excluding diaryl/α,β-unsaturated/α-hetero) is 1. The summed E-state index contributed by atoms with van der Waals surface area (Å²) < 4.78 is 5.08. The van der Waals surface area contributed by atoms with Crippen molar-refractivity contribution in [2.24, 2.45) is 0 Å². The Hall–Kier alpha value is -0.960. The predicted octanol–water partition coefficient (Wildman–Crippen LogP) is 2.95. The van der Waals surface area contributed by atoms with E-state index in [1.54, 1.807) is 18.9 Å². The molecule has 0 aliphatic heterocycles. The van der Waals surface area contributed by atoms with Crippen molar-refractivity contribution < 1.29 is 9.53 Å². The SMILES string of the molecule is CCSCC(=O)CCc1ccc(OC)cc1. The molecule has 0 spiro atoms. The third-order valence-corrected chi connectivity index (χ3v) is 3.25. The number of benzene rings is 1. The molecule has 0 unspecified atom stereocenters. The van der Waals surface area contributed by atoms with Crippen molar-refractivity contribution in [3.63, 3.8) is 0 Å². The number of rotatable bonds is 7. The van der Waals surface area contributed by atoms with Crippen molar-refractivity contribution in [1.29, 1.82) is 0 Å². The van der Waals surface area contributed by atoms with E-state index in [4.69, 9.17) is 4.74 Å². The van der Waals surface area contributed by atoms with Gasteiger partial charge in [-0.1, -0.05) is 19.1 Å². The van der Waals surface area contributed by atoms with Gasteiger partial charge in [-0.15, -0.1) is 0 Å². The first-order valence-corrected chi connectivity index (χ1v) is 6.64. The van der Waals surface area contributed by atoms with E-state index in [1.807, 2.05) is 24.3 Å². The molecule has 0 aromatic heterocycles. The van der Waals surface area contributed by atoms with Crippen LogP contribution in [0.4, 0.5) is 0 Å². The molecule has 16 heavy (non-hydrogen) atoms. The molecular weight excluding hydrogens is 220 g/mol. The van der Waals surface area contributed by atoms with Crippen LogP contribution in [-0.4, -0.2) is 24.4 Å². The number of aryl methyl sites for hydroxylation is 1. The number of hydrogen-bond acceptors (Lipinski definition) is 3. The Morgan fingerprint density at radius 1 is 1.31 bits per heavy atom. The van der Waals surface area contributed by atoms with Crippen LogP contribution >= 0.6 is 11.8 Å². The summed E-state index contributed by atoms with van der Waals surface area (Å²) in [5, 5.41) is 0. The van der Waals surface area contributed by atoms with Crippen molar-refractivity contribution in [2.45, 2.75) is 19.8 Å². The quantitative estimate of drug-likeness (QED) is 0.730. The molecule has 0 fully saturated rings. The largest absolute Gasteiger partial charge is 0.497 e. The van der Waals surface area contributed by atoms with E-state index in [1.165, 1.54) is 5.56 Å². The van der Waals surface area contributed by atoms with Gasteiger partial charge in [-0.2, -0.15) is 11.8 Å². The Balaban J connectivity index is 2.33. The summed E-state index contributed by atoms with van der Waals surface area (Å²) in [6, 6.07) is 7.89. The number of methoxy groups -OCH3 is 1. The van der Waals surface area contributed by atoms with Gasteiger partial charge in [-0.3, -0.25) is 4.79 Å². The first-order valence-electron chi connectivity index (χ1n) is 5.48. The van der Waals surface area contributed by atoms with Crippen molar-refractivity contribution in [3.05, 3.63) is 29.8 Å². The van der Waals surface area contributed by atoms with Crippen molar-refractivity contribution in [2.75, 3.05) is 18.6 Å². The topological polar surface area (TPSA) is 26.3 Å². The molecule has 1 aromatic carbocycles. The van der Waals surface area contributed by atoms with Crippen LogP contribution in [0, 0.1) is 0 Å². The van der Waals surface area contributed by atoms with Crippen LogP contribution in [0.1, 0.15) is 18.9 Å². The van der Waals surface area contributed by atoms with Gasteiger partial charge in [0.2, 0.25) is 0 Å². The molecule has 1 aromatic rings. The van der Waals surface area contributed by atoms with Crippen LogP contribution in [-0.2, 0) is 11.2 Å². The molecule has 3 heteroatoms. The monoisotopic (exact) mass is 238 g/mol. The number of carbonyl (C=O) groups excluding carboxylic acids is 1. The fourth-order valence-electron chi connectivity index (χ4n) is 1.36. The average Bonchev–Trinajstić information content (AvgIpc) is 2.34. The second-order valence-corrected chi connectivity index (χ2v) is 4.80. The summed E-state index contributed by atoms with van der Waals surface area (Å²) in [5.74, 6) is 2.85. The van der Waals surface area contributed by atoms with Crippen molar-refractivity contribution in [3.8, 4) is 5.75 Å². The number of carbonyl (C=O) groups is 1. The Morgan fingerprint density at radius 3 is 2.56 bits per heavy atom. The van der Waals surface area contributed by atoms with Gasteiger partial charge in [0.25, 0.3) is 0 Å².